The molecular weight excluding hydrogens is 172 g/mol. The quantitative estimate of drug-likeness (QED) is 0.598. The van der Waals surface area contributed by atoms with Crippen LogP contribution in [0.1, 0.15) is 13.8 Å². The minimum atomic E-state index is 0.119. The molecule has 4 heteroatoms. The highest BCUT2D eigenvalue weighted by atomic mass is 32.2. The third-order valence-corrected chi connectivity index (χ3v) is 1.83. The standard InChI is InChI=1S/C8H18N2OS/c1-7(2)9-4-5-10-8(11)6-12-3/h7,9H,4-6H2,1-3H3,(H,10,11). The normalized spacial score (nSPS) is 10.3. The molecule has 3 nitrogen and oxygen atoms in total. The summed E-state index contributed by atoms with van der Waals surface area (Å²) in [7, 11) is 0. The summed E-state index contributed by atoms with van der Waals surface area (Å²) in [6.45, 7) is 5.74. The van der Waals surface area contributed by atoms with Crippen molar-refractivity contribution in [2.24, 2.45) is 0 Å². The maximum Gasteiger partial charge on any atom is 0.230 e. The molecule has 0 aromatic heterocycles. The summed E-state index contributed by atoms with van der Waals surface area (Å²) in [5, 5.41) is 6.04. The van der Waals surface area contributed by atoms with Crippen molar-refractivity contribution in [2.45, 2.75) is 19.9 Å². The lowest BCUT2D eigenvalue weighted by Gasteiger charge is -2.08. The van der Waals surface area contributed by atoms with Crippen LogP contribution in [0.15, 0.2) is 0 Å². The van der Waals surface area contributed by atoms with E-state index in [1.807, 2.05) is 6.26 Å². The zero-order chi connectivity index (χ0) is 9.40. The second-order valence-corrected chi connectivity index (χ2v) is 3.76. The zero-order valence-electron chi connectivity index (χ0n) is 8.02. The van der Waals surface area contributed by atoms with Gasteiger partial charge < -0.3 is 10.6 Å². The predicted molar refractivity (Wildman–Crippen MR) is 54.5 cm³/mol. The van der Waals surface area contributed by atoms with Gasteiger partial charge in [0.1, 0.15) is 0 Å². The highest BCUT2D eigenvalue weighted by Gasteiger charge is 1.97. The topological polar surface area (TPSA) is 41.1 Å². The number of hydrogen-bond donors (Lipinski definition) is 2. The van der Waals surface area contributed by atoms with Crippen LogP contribution >= 0.6 is 11.8 Å². The Morgan fingerprint density at radius 2 is 2.08 bits per heavy atom. The number of thioether (sulfide) groups is 1. The van der Waals surface area contributed by atoms with Crippen molar-refractivity contribution < 1.29 is 4.79 Å². The molecule has 0 fully saturated rings. The molecule has 0 unspecified atom stereocenters. The van der Waals surface area contributed by atoms with E-state index < -0.39 is 0 Å². The summed E-state index contributed by atoms with van der Waals surface area (Å²) in [5.41, 5.74) is 0. The van der Waals surface area contributed by atoms with E-state index in [4.69, 9.17) is 0 Å². The average molecular weight is 190 g/mol. The van der Waals surface area contributed by atoms with Crippen LogP contribution in [-0.2, 0) is 4.79 Å². The van der Waals surface area contributed by atoms with Gasteiger partial charge in [-0.1, -0.05) is 13.8 Å². The molecule has 12 heavy (non-hydrogen) atoms. The Balaban J connectivity index is 3.14. The first kappa shape index (κ1) is 11.8. The van der Waals surface area contributed by atoms with Gasteiger partial charge in [0.25, 0.3) is 0 Å². The first-order chi connectivity index (χ1) is 5.66. The van der Waals surface area contributed by atoms with Gasteiger partial charge >= 0.3 is 0 Å². The molecule has 0 bridgehead atoms. The van der Waals surface area contributed by atoms with E-state index in [0.717, 1.165) is 13.1 Å². The highest BCUT2D eigenvalue weighted by molar-refractivity contribution is 7.99. The van der Waals surface area contributed by atoms with Crippen molar-refractivity contribution in [1.82, 2.24) is 10.6 Å². The Morgan fingerprint density at radius 3 is 2.58 bits per heavy atom. The molecule has 0 aliphatic carbocycles. The average Bonchev–Trinajstić information content (AvgIpc) is 1.98. The lowest BCUT2D eigenvalue weighted by atomic mass is 10.4. The SMILES string of the molecule is CSCC(=O)NCCNC(C)C. The molecule has 0 aliphatic heterocycles. The van der Waals surface area contributed by atoms with Gasteiger partial charge in [0.05, 0.1) is 5.75 Å². The molecule has 0 aromatic carbocycles. The molecule has 0 spiro atoms. The molecule has 0 atom stereocenters. The maximum absolute atomic E-state index is 10.9. The summed E-state index contributed by atoms with van der Waals surface area (Å²) < 4.78 is 0. The van der Waals surface area contributed by atoms with Crippen LogP contribution in [-0.4, -0.2) is 37.0 Å². The third-order valence-electron chi connectivity index (χ3n) is 1.28. The number of hydrogen-bond acceptors (Lipinski definition) is 3. The summed E-state index contributed by atoms with van der Waals surface area (Å²) in [5.74, 6) is 0.676. The third kappa shape index (κ3) is 7.88. The Labute approximate surface area is 78.7 Å². The van der Waals surface area contributed by atoms with Gasteiger partial charge in [0.15, 0.2) is 0 Å². The van der Waals surface area contributed by atoms with Crippen LogP contribution in [0.25, 0.3) is 0 Å². The van der Waals surface area contributed by atoms with Crippen molar-refractivity contribution in [3.63, 3.8) is 0 Å². The summed E-state index contributed by atoms with van der Waals surface area (Å²) in [4.78, 5) is 10.9. The molecule has 2 N–H and O–H groups in total. The first-order valence-electron chi connectivity index (χ1n) is 4.16. The monoisotopic (exact) mass is 190 g/mol. The fourth-order valence-electron chi connectivity index (χ4n) is 0.745. The van der Waals surface area contributed by atoms with E-state index in [2.05, 4.69) is 24.5 Å². The molecule has 0 aliphatic rings. The van der Waals surface area contributed by atoms with Crippen LogP contribution in [0, 0.1) is 0 Å². The van der Waals surface area contributed by atoms with Gasteiger partial charge in [-0.05, 0) is 6.26 Å². The van der Waals surface area contributed by atoms with Crippen LogP contribution in [0.5, 0.6) is 0 Å². The molecule has 0 aromatic rings. The number of amides is 1. The van der Waals surface area contributed by atoms with E-state index in [0.29, 0.717) is 11.8 Å². The Hall–Kier alpha value is -0.220. The molecule has 72 valence electrons. The number of carbonyl (C=O) groups is 1. The Bertz CT molecular complexity index is 128. The van der Waals surface area contributed by atoms with Crippen molar-refractivity contribution in [1.29, 1.82) is 0 Å². The van der Waals surface area contributed by atoms with E-state index in [-0.39, 0.29) is 5.91 Å². The summed E-state index contributed by atoms with van der Waals surface area (Å²) in [6.07, 6.45) is 1.92. The lowest BCUT2D eigenvalue weighted by molar-refractivity contribution is -0.118. The Morgan fingerprint density at radius 1 is 1.42 bits per heavy atom. The second kappa shape index (κ2) is 7.43. The van der Waals surface area contributed by atoms with Gasteiger partial charge in [-0.25, -0.2) is 0 Å². The molecule has 0 saturated heterocycles. The predicted octanol–water partition coefficient (Wildman–Crippen LogP) is 0.464. The van der Waals surface area contributed by atoms with Gasteiger partial charge in [-0.2, -0.15) is 11.8 Å². The van der Waals surface area contributed by atoms with Crippen molar-refractivity contribution in [3.8, 4) is 0 Å². The van der Waals surface area contributed by atoms with E-state index in [9.17, 15) is 4.79 Å². The Kier molecular flexibility index (Phi) is 7.29. The zero-order valence-corrected chi connectivity index (χ0v) is 8.83. The van der Waals surface area contributed by atoms with Gasteiger partial charge in [-0.3, -0.25) is 4.79 Å². The second-order valence-electron chi connectivity index (χ2n) is 2.89. The minimum absolute atomic E-state index is 0.119. The maximum atomic E-state index is 10.9. The van der Waals surface area contributed by atoms with Crippen LogP contribution in [0.4, 0.5) is 0 Å². The molecule has 0 radical (unpaired) electrons. The van der Waals surface area contributed by atoms with Crippen molar-refractivity contribution in [2.75, 3.05) is 25.1 Å². The smallest absolute Gasteiger partial charge is 0.230 e. The van der Waals surface area contributed by atoms with Crippen LogP contribution in [0.2, 0.25) is 0 Å². The number of nitrogens with one attached hydrogen (secondary N) is 2. The molecule has 0 rings (SSSR count). The highest BCUT2D eigenvalue weighted by Crippen LogP contribution is 1.88. The fourth-order valence-corrected chi connectivity index (χ4v) is 1.11. The minimum Gasteiger partial charge on any atom is -0.354 e. The lowest BCUT2D eigenvalue weighted by Crippen LogP contribution is -2.35. The van der Waals surface area contributed by atoms with Crippen LogP contribution in [0.3, 0.4) is 0 Å². The largest absolute Gasteiger partial charge is 0.354 e. The van der Waals surface area contributed by atoms with Crippen LogP contribution < -0.4 is 10.6 Å². The van der Waals surface area contributed by atoms with E-state index in [1.54, 1.807) is 11.8 Å². The number of carbonyl (C=O) groups excluding carboxylic acids is 1. The molecule has 0 saturated carbocycles. The molecule has 1 amide bonds. The van der Waals surface area contributed by atoms with Gasteiger partial charge in [0, 0.05) is 19.1 Å². The summed E-state index contributed by atoms with van der Waals surface area (Å²) in [6, 6.07) is 0.488. The molecular formula is C8H18N2OS. The van der Waals surface area contributed by atoms with Crippen molar-refractivity contribution in [3.05, 3.63) is 0 Å². The molecule has 0 heterocycles. The van der Waals surface area contributed by atoms with Crippen molar-refractivity contribution >= 4 is 17.7 Å². The van der Waals surface area contributed by atoms with E-state index in [1.165, 1.54) is 0 Å². The first-order valence-corrected chi connectivity index (χ1v) is 5.55. The van der Waals surface area contributed by atoms with Gasteiger partial charge in [-0.15, -0.1) is 0 Å². The van der Waals surface area contributed by atoms with E-state index >= 15 is 0 Å². The summed E-state index contributed by atoms with van der Waals surface area (Å²) >= 11 is 1.54. The fraction of sp³-hybridized carbons (Fsp3) is 0.875. The number of rotatable bonds is 6. The van der Waals surface area contributed by atoms with Gasteiger partial charge in [0.2, 0.25) is 5.91 Å².